The molecule has 6 heteroatoms. The zero-order chi connectivity index (χ0) is 17.9. The molecule has 26 heavy (non-hydrogen) atoms. The van der Waals surface area contributed by atoms with Crippen molar-refractivity contribution in [2.24, 2.45) is 0 Å². The van der Waals surface area contributed by atoms with Crippen LogP contribution < -0.4 is 10.9 Å². The molecular formula is C20H23N3O3. The third-order valence-corrected chi connectivity index (χ3v) is 5.17. The second kappa shape index (κ2) is 7.41. The second-order valence-corrected chi connectivity index (χ2v) is 6.84. The Labute approximate surface area is 152 Å². The van der Waals surface area contributed by atoms with E-state index in [1.54, 1.807) is 4.57 Å². The van der Waals surface area contributed by atoms with Crippen molar-refractivity contribution in [3.8, 4) is 0 Å². The number of nitrogens with one attached hydrogen (secondary N) is 1. The molecule has 4 rings (SSSR count). The molecule has 0 fully saturated rings. The van der Waals surface area contributed by atoms with Gasteiger partial charge in [-0.15, -0.1) is 0 Å². The fourth-order valence-electron chi connectivity index (χ4n) is 3.81. The number of carbonyl (C=O) groups is 1. The van der Waals surface area contributed by atoms with Gasteiger partial charge in [0.15, 0.2) is 5.82 Å². The minimum absolute atomic E-state index is 0.202. The third-order valence-electron chi connectivity index (χ3n) is 5.17. The molecule has 3 aliphatic rings. The van der Waals surface area contributed by atoms with Crippen LogP contribution in [0.15, 0.2) is 34.7 Å². The van der Waals surface area contributed by atoms with Gasteiger partial charge in [0.25, 0.3) is 5.56 Å². The number of anilines is 1. The number of hydrogen-bond donors (Lipinski definition) is 1. The Kier molecular flexibility index (Phi) is 4.84. The first kappa shape index (κ1) is 17.0. The molecule has 6 nitrogen and oxygen atoms in total. The maximum Gasteiger partial charge on any atom is 0.294 e. The Morgan fingerprint density at radius 3 is 2.96 bits per heavy atom. The number of aldehydes is 1. The van der Waals surface area contributed by atoms with Gasteiger partial charge >= 0.3 is 0 Å². The highest BCUT2D eigenvalue weighted by molar-refractivity contribution is 5.68. The lowest BCUT2D eigenvalue weighted by molar-refractivity contribution is -0.110. The summed E-state index contributed by atoms with van der Waals surface area (Å²) in [6.45, 7) is 1.78. The van der Waals surface area contributed by atoms with Gasteiger partial charge in [0.2, 0.25) is 0 Å². The van der Waals surface area contributed by atoms with E-state index in [1.807, 2.05) is 6.08 Å². The van der Waals surface area contributed by atoms with Gasteiger partial charge in [0.05, 0.1) is 24.9 Å². The molecule has 3 heterocycles. The molecule has 2 aliphatic heterocycles. The smallest absolute Gasteiger partial charge is 0.294 e. The van der Waals surface area contributed by atoms with Crippen LogP contribution in [0.2, 0.25) is 0 Å². The fourth-order valence-corrected chi connectivity index (χ4v) is 3.81. The van der Waals surface area contributed by atoms with E-state index in [2.05, 4.69) is 28.5 Å². The summed E-state index contributed by atoms with van der Waals surface area (Å²) in [5.41, 5.74) is 3.77. The number of aromatic nitrogens is 2. The zero-order valence-electron chi connectivity index (χ0n) is 14.7. The minimum atomic E-state index is -0.394. The SMILES string of the molecule is O=CC1CCc2c(C3=CCOCC3)nc(NCC3=CCCC=C3)c(=O)n21. The zero-order valence-corrected chi connectivity index (χ0v) is 14.7. The molecule has 0 saturated carbocycles. The van der Waals surface area contributed by atoms with E-state index in [-0.39, 0.29) is 5.56 Å². The average molecular weight is 353 g/mol. The Morgan fingerprint density at radius 2 is 2.23 bits per heavy atom. The van der Waals surface area contributed by atoms with Gasteiger partial charge in [-0.2, -0.15) is 0 Å². The number of allylic oxidation sites excluding steroid dienone is 2. The summed E-state index contributed by atoms with van der Waals surface area (Å²) in [4.78, 5) is 29.1. The largest absolute Gasteiger partial charge is 0.377 e. The molecule has 1 aromatic heterocycles. The summed E-state index contributed by atoms with van der Waals surface area (Å²) in [7, 11) is 0. The number of rotatable bonds is 5. The maximum atomic E-state index is 12.9. The first-order chi connectivity index (χ1) is 12.8. The van der Waals surface area contributed by atoms with Crippen LogP contribution in [0.3, 0.4) is 0 Å². The molecule has 0 radical (unpaired) electrons. The molecule has 1 aromatic rings. The number of fused-ring (bicyclic) bond motifs is 1. The number of carbonyl (C=O) groups excluding carboxylic acids is 1. The Hall–Kier alpha value is -2.47. The van der Waals surface area contributed by atoms with E-state index in [0.29, 0.717) is 38.4 Å². The Bertz CT molecular complexity index is 864. The van der Waals surface area contributed by atoms with Crippen molar-refractivity contribution in [1.29, 1.82) is 0 Å². The quantitative estimate of drug-likeness (QED) is 0.823. The average Bonchev–Trinajstić information content (AvgIpc) is 3.14. The van der Waals surface area contributed by atoms with Gasteiger partial charge < -0.3 is 14.8 Å². The molecule has 1 N–H and O–H groups in total. The summed E-state index contributed by atoms with van der Waals surface area (Å²) in [6, 6.07) is -0.394. The van der Waals surface area contributed by atoms with Crippen molar-refractivity contribution < 1.29 is 9.53 Å². The Morgan fingerprint density at radius 1 is 1.31 bits per heavy atom. The highest BCUT2D eigenvalue weighted by Crippen LogP contribution is 2.30. The summed E-state index contributed by atoms with van der Waals surface area (Å²) >= 11 is 0. The lowest BCUT2D eigenvalue weighted by atomic mass is 10.0. The standard InChI is InChI=1S/C20H23N3O3/c24-13-16-6-7-17-18(15-8-10-26-11-9-15)22-19(20(25)23(16)17)21-12-14-4-2-1-3-5-14/h2,4-5,8,13,16H,1,3,6-7,9-12H2,(H,21,22). The van der Waals surface area contributed by atoms with Crippen LogP contribution in [0.5, 0.6) is 0 Å². The summed E-state index contributed by atoms with van der Waals surface area (Å²) < 4.78 is 7.04. The maximum absolute atomic E-state index is 12.9. The summed E-state index contributed by atoms with van der Waals surface area (Å²) in [5, 5.41) is 3.20. The lowest BCUT2D eigenvalue weighted by Gasteiger charge is -2.19. The summed E-state index contributed by atoms with van der Waals surface area (Å²) in [6.07, 6.45) is 13.5. The van der Waals surface area contributed by atoms with Gasteiger partial charge in [-0.1, -0.05) is 24.3 Å². The van der Waals surface area contributed by atoms with Crippen LogP contribution in [-0.4, -0.2) is 35.6 Å². The van der Waals surface area contributed by atoms with Crippen LogP contribution in [-0.2, 0) is 16.0 Å². The van der Waals surface area contributed by atoms with Crippen LogP contribution in [0, 0.1) is 0 Å². The number of nitrogens with zero attached hydrogens (tertiary/aromatic N) is 2. The van der Waals surface area contributed by atoms with E-state index < -0.39 is 6.04 Å². The van der Waals surface area contributed by atoms with Crippen LogP contribution >= 0.6 is 0 Å². The van der Waals surface area contributed by atoms with Crippen LogP contribution in [0.4, 0.5) is 5.82 Å². The molecule has 1 atom stereocenters. The monoisotopic (exact) mass is 353 g/mol. The predicted molar refractivity (Wildman–Crippen MR) is 100 cm³/mol. The predicted octanol–water partition coefficient (Wildman–Crippen LogP) is 2.42. The van der Waals surface area contributed by atoms with Gasteiger partial charge in [-0.3, -0.25) is 9.36 Å². The van der Waals surface area contributed by atoms with E-state index in [1.165, 1.54) is 0 Å². The molecule has 0 bridgehead atoms. The van der Waals surface area contributed by atoms with Crippen LogP contribution in [0.1, 0.15) is 43.1 Å². The van der Waals surface area contributed by atoms with Crippen molar-refractivity contribution in [3.63, 3.8) is 0 Å². The number of ether oxygens (including phenoxy) is 1. The molecule has 0 amide bonds. The third kappa shape index (κ3) is 3.17. The van der Waals surface area contributed by atoms with Crippen molar-refractivity contribution in [2.75, 3.05) is 25.1 Å². The summed E-state index contributed by atoms with van der Waals surface area (Å²) in [5.74, 6) is 0.324. The van der Waals surface area contributed by atoms with E-state index >= 15 is 0 Å². The topological polar surface area (TPSA) is 73.2 Å². The molecule has 1 unspecified atom stereocenters. The van der Waals surface area contributed by atoms with Gasteiger partial charge in [-0.05, 0) is 43.3 Å². The second-order valence-electron chi connectivity index (χ2n) is 6.84. The Balaban J connectivity index is 1.72. The molecular weight excluding hydrogens is 330 g/mol. The highest BCUT2D eigenvalue weighted by Gasteiger charge is 2.29. The number of hydrogen-bond acceptors (Lipinski definition) is 5. The first-order valence-corrected chi connectivity index (χ1v) is 9.25. The van der Waals surface area contributed by atoms with Gasteiger partial charge in [-0.25, -0.2) is 4.98 Å². The van der Waals surface area contributed by atoms with E-state index in [9.17, 15) is 9.59 Å². The molecule has 0 aromatic carbocycles. The molecule has 0 saturated heterocycles. The minimum Gasteiger partial charge on any atom is -0.377 e. The van der Waals surface area contributed by atoms with Crippen molar-refractivity contribution >= 4 is 17.7 Å². The van der Waals surface area contributed by atoms with E-state index in [4.69, 9.17) is 4.74 Å². The fraction of sp³-hybridized carbons (Fsp3) is 0.450. The van der Waals surface area contributed by atoms with Crippen LogP contribution in [0.25, 0.3) is 5.57 Å². The van der Waals surface area contributed by atoms with Gasteiger partial charge in [0.1, 0.15) is 6.29 Å². The van der Waals surface area contributed by atoms with E-state index in [0.717, 1.165) is 48.1 Å². The van der Waals surface area contributed by atoms with Crippen molar-refractivity contribution in [2.45, 2.75) is 38.1 Å². The highest BCUT2D eigenvalue weighted by atomic mass is 16.5. The van der Waals surface area contributed by atoms with Crippen molar-refractivity contribution in [1.82, 2.24) is 9.55 Å². The lowest BCUT2D eigenvalue weighted by Crippen LogP contribution is -2.30. The molecule has 136 valence electrons. The first-order valence-electron chi connectivity index (χ1n) is 9.25. The van der Waals surface area contributed by atoms with Crippen molar-refractivity contribution in [3.05, 3.63) is 51.6 Å². The molecule has 1 aliphatic carbocycles. The normalized spacial score (nSPS) is 21.8. The van der Waals surface area contributed by atoms with Gasteiger partial charge in [0, 0.05) is 12.2 Å². The molecule has 0 spiro atoms.